The number of aromatic nitrogens is 2. The van der Waals surface area contributed by atoms with Crippen LogP contribution in [-0.4, -0.2) is 34.3 Å². The summed E-state index contributed by atoms with van der Waals surface area (Å²) in [6, 6.07) is 1.69. The Labute approximate surface area is 102 Å². The average molecular weight is 235 g/mol. The first-order chi connectivity index (χ1) is 8.34. The van der Waals surface area contributed by atoms with Gasteiger partial charge in [-0.25, -0.2) is 4.98 Å². The zero-order valence-electron chi connectivity index (χ0n) is 10.4. The standard InChI is InChI=1S/C13H21N3O/c1-10-11(5-8-17-10)15-12-3-2-4-13(12)16-7-6-14-9-16/h6-7,9-13,15H,2-5,8H2,1H3. The summed E-state index contributed by atoms with van der Waals surface area (Å²) in [5.74, 6) is 0. The minimum Gasteiger partial charge on any atom is -0.377 e. The molecule has 4 atom stereocenters. The summed E-state index contributed by atoms with van der Waals surface area (Å²) in [6.45, 7) is 3.08. The molecule has 94 valence electrons. The number of hydrogen-bond acceptors (Lipinski definition) is 3. The molecule has 0 radical (unpaired) electrons. The van der Waals surface area contributed by atoms with E-state index in [1.807, 2.05) is 12.5 Å². The molecule has 3 rings (SSSR count). The molecule has 1 saturated heterocycles. The van der Waals surface area contributed by atoms with Crippen LogP contribution in [-0.2, 0) is 4.74 Å². The van der Waals surface area contributed by atoms with E-state index < -0.39 is 0 Å². The Morgan fingerprint density at radius 2 is 2.24 bits per heavy atom. The molecule has 1 aromatic heterocycles. The molecule has 17 heavy (non-hydrogen) atoms. The smallest absolute Gasteiger partial charge is 0.0949 e. The van der Waals surface area contributed by atoms with Gasteiger partial charge in [-0.1, -0.05) is 0 Å². The van der Waals surface area contributed by atoms with E-state index in [1.54, 1.807) is 0 Å². The second-order valence-electron chi connectivity index (χ2n) is 5.25. The van der Waals surface area contributed by atoms with Crippen LogP contribution in [0.1, 0.15) is 38.6 Å². The lowest BCUT2D eigenvalue weighted by Gasteiger charge is -2.27. The first kappa shape index (κ1) is 11.2. The lowest BCUT2D eigenvalue weighted by molar-refractivity contribution is 0.109. The van der Waals surface area contributed by atoms with Crippen molar-refractivity contribution >= 4 is 0 Å². The lowest BCUT2D eigenvalue weighted by atomic mass is 10.1. The van der Waals surface area contributed by atoms with Gasteiger partial charge in [0.15, 0.2) is 0 Å². The molecule has 1 aliphatic carbocycles. The second-order valence-corrected chi connectivity index (χ2v) is 5.25. The summed E-state index contributed by atoms with van der Waals surface area (Å²) in [6.07, 6.45) is 11.2. The van der Waals surface area contributed by atoms with Crippen molar-refractivity contribution in [2.75, 3.05) is 6.61 Å². The molecular formula is C13H21N3O. The fourth-order valence-corrected chi connectivity index (χ4v) is 3.18. The van der Waals surface area contributed by atoms with E-state index in [1.165, 1.54) is 19.3 Å². The summed E-state index contributed by atoms with van der Waals surface area (Å²) >= 11 is 0. The van der Waals surface area contributed by atoms with Gasteiger partial charge in [-0.15, -0.1) is 0 Å². The molecule has 4 heteroatoms. The molecule has 1 N–H and O–H groups in total. The monoisotopic (exact) mass is 235 g/mol. The predicted octanol–water partition coefficient (Wildman–Crippen LogP) is 1.74. The maximum absolute atomic E-state index is 5.62. The fraction of sp³-hybridized carbons (Fsp3) is 0.769. The van der Waals surface area contributed by atoms with E-state index in [0.717, 1.165) is 13.0 Å². The van der Waals surface area contributed by atoms with Crippen LogP contribution in [0, 0.1) is 0 Å². The van der Waals surface area contributed by atoms with Crippen molar-refractivity contribution in [1.29, 1.82) is 0 Å². The fourth-order valence-electron chi connectivity index (χ4n) is 3.18. The largest absolute Gasteiger partial charge is 0.377 e. The maximum Gasteiger partial charge on any atom is 0.0949 e. The van der Waals surface area contributed by atoms with Crippen molar-refractivity contribution in [2.45, 2.75) is 56.8 Å². The highest BCUT2D eigenvalue weighted by Gasteiger charge is 2.33. The van der Waals surface area contributed by atoms with Crippen molar-refractivity contribution in [3.05, 3.63) is 18.7 Å². The van der Waals surface area contributed by atoms with Crippen LogP contribution in [0.5, 0.6) is 0 Å². The van der Waals surface area contributed by atoms with Crippen LogP contribution in [0.25, 0.3) is 0 Å². The van der Waals surface area contributed by atoms with Crippen molar-refractivity contribution < 1.29 is 4.74 Å². The Hall–Kier alpha value is -0.870. The van der Waals surface area contributed by atoms with Gasteiger partial charge in [0.05, 0.1) is 12.4 Å². The van der Waals surface area contributed by atoms with E-state index in [4.69, 9.17) is 4.74 Å². The summed E-state index contributed by atoms with van der Waals surface area (Å²) in [7, 11) is 0. The first-order valence-corrected chi connectivity index (χ1v) is 6.69. The molecule has 1 aromatic rings. The van der Waals surface area contributed by atoms with E-state index in [2.05, 4.69) is 28.0 Å². The number of rotatable bonds is 3. The third-order valence-electron chi connectivity index (χ3n) is 4.19. The van der Waals surface area contributed by atoms with Gasteiger partial charge in [-0.2, -0.15) is 0 Å². The summed E-state index contributed by atoms with van der Waals surface area (Å²) < 4.78 is 7.88. The molecule has 4 unspecified atom stereocenters. The Bertz CT molecular complexity index is 352. The lowest BCUT2D eigenvalue weighted by Crippen LogP contribution is -2.44. The summed E-state index contributed by atoms with van der Waals surface area (Å²) in [5, 5.41) is 3.79. The third kappa shape index (κ3) is 2.24. The molecular weight excluding hydrogens is 214 g/mol. The van der Waals surface area contributed by atoms with Crippen LogP contribution in [0.4, 0.5) is 0 Å². The quantitative estimate of drug-likeness (QED) is 0.867. The molecule has 2 heterocycles. The van der Waals surface area contributed by atoms with E-state index in [9.17, 15) is 0 Å². The normalized spacial score (nSPS) is 37.7. The number of hydrogen-bond donors (Lipinski definition) is 1. The molecule has 0 aromatic carbocycles. The average Bonchev–Trinajstić information content (AvgIpc) is 3.02. The van der Waals surface area contributed by atoms with E-state index in [0.29, 0.717) is 24.2 Å². The van der Waals surface area contributed by atoms with Gasteiger partial charge in [-0.3, -0.25) is 0 Å². The van der Waals surface area contributed by atoms with Crippen LogP contribution in [0.15, 0.2) is 18.7 Å². The van der Waals surface area contributed by atoms with Crippen molar-refractivity contribution in [2.24, 2.45) is 0 Å². The predicted molar refractivity (Wildman–Crippen MR) is 65.9 cm³/mol. The van der Waals surface area contributed by atoms with Crippen LogP contribution < -0.4 is 5.32 Å². The highest BCUT2D eigenvalue weighted by molar-refractivity contribution is 4.94. The second kappa shape index (κ2) is 4.78. The van der Waals surface area contributed by atoms with Gasteiger partial charge < -0.3 is 14.6 Å². The molecule has 4 nitrogen and oxygen atoms in total. The SMILES string of the molecule is CC1OCCC1NC1CCCC1n1ccnc1. The maximum atomic E-state index is 5.62. The van der Waals surface area contributed by atoms with Gasteiger partial charge in [0.25, 0.3) is 0 Å². The topological polar surface area (TPSA) is 39.1 Å². The number of ether oxygens (including phenoxy) is 1. The first-order valence-electron chi connectivity index (χ1n) is 6.69. The minimum absolute atomic E-state index is 0.360. The number of nitrogens with one attached hydrogen (secondary N) is 1. The highest BCUT2D eigenvalue weighted by atomic mass is 16.5. The van der Waals surface area contributed by atoms with E-state index >= 15 is 0 Å². The van der Waals surface area contributed by atoms with Crippen molar-refractivity contribution in [1.82, 2.24) is 14.9 Å². The van der Waals surface area contributed by atoms with Gasteiger partial charge in [0.1, 0.15) is 0 Å². The number of imidazole rings is 1. The van der Waals surface area contributed by atoms with Crippen molar-refractivity contribution in [3.8, 4) is 0 Å². The highest BCUT2D eigenvalue weighted by Crippen LogP contribution is 2.31. The summed E-state index contributed by atoms with van der Waals surface area (Å²) in [5.41, 5.74) is 0. The molecule has 0 amide bonds. The third-order valence-corrected chi connectivity index (χ3v) is 4.19. The van der Waals surface area contributed by atoms with Crippen LogP contribution in [0.3, 0.4) is 0 Å². The van der Waals surface area contributed by atoms with Gasteiger partial charge in [0.2, 0.25) is 0 Å². The van der Waals surface area contributed by atoms with Crippen LogP contribution in [0.2, 0.25) is 0 Å². The zero-order valence-corrected chi connectivity index (χ0v) is 10.4. The Kier molecular flexibility index (Phi) is 3.16. The van der Waals surface area contributed by atoms with Gasteiger partial charge in [0, 0.05) is 37.1 Å². The van der Waals surface area contributed by atoms with Gasteiger partial charge >= 0.3 is 0 Å². The molecule has 1 saturated carbocycles. The molecule has 0 spiro atoms. The Morgan fingerprint density at radius 1 is 1.29 bits per heavy atom. The molecule has 2 aliphatic rings. The zero-order chi connectivity index (χ0) is 11.7. The van der Waals surface area contributed by atoms with Crippen molar-refractivity contribution in [3.63, 3.8) is 0 Å². The van der Waals surface area contributed by atoms with E-state index in [-0.39, 0.29) is 0 Å². The van der Waals surface area contributed by atoms with Gasteiger partial charge in [-0.05, 0) is 32.6 Å². The minimum atomic E-state index is 0.360. The Balaban J connectivity index is 1.66. The molecule has 0 bridgehead atoms. The Morgan fingerprint density at radius 3 is 2.94 bits per heavy atom. The molecule has 2 fully saturated rings. The molecule has 1 aliphatic heterocycles. The summed E-state index contributed by atoms with van der Waals surface area (Å²) in [4.78, 5) is 4.16. The van der Waals surface area contributed by atoms with Crippen LogP contribution >= 0.6 is 0 Å². The number of nitrogens with zero attached hydrogens (tertiary/aromatic N) is 2.